The van der Waals surface area contributed by atoms with E-state index in [1.54, 1.807) is 6.20 Å². The summed E-state index contributed by atoms with van der Waals surface area (Å²) >= 11 is 0. The summed E-state index contributed by atoms with van der Waals surface area (Å²) < 4.78 is 10.3. The monoisotopic (exact) mass is 347 g/mol. The summed E-state index contributed by atoms with van der Waals surface area (Å²) in [6, 6.07) is 8.41. The smallest absolute Gasteiger partial charge is 0.296 e. The average Bonchev–Trinajstić information content (AvgIpc) is 2.64. The van der Waals surface area contributed by atoms with Crippen LogP contribution in [0.25, 0.3) is 0 Å². The molecule has 2 aromatic rings. The standard InChI is InChI=1S/C17H21N3O5/c1-24-16-8-14(15(20(22)23)9-17(16)25-2)19-10-12(11-21)7-13-5-3-4-6-18-13/h3-6,8-9,12,19,21H,7,10-11H2,1-2H3/t12-/m1/s1. The van der Waals surface area contributed by atoms with Crippen LogP contribution in [-0.2, 0) is 6.42 Å². The van der Waals surface area contributed by atoms with Gasteiger partial charge in [0.25, 0.3) is 5.69 Å². The molecule has 0 saturated heterocycles. The van der Waals surface area contributed by atoms with Crippen LogP contribution in [0.15, 0.2) is 36.5 Å². The molecule has 0 amide bonds. The van der Waals surface area contributed by atoms with Gasteiger partial charge in [0.15, 0.2) is 11.5 Å². The van der Waals surface area contributed by atoms with E-state index in [1.807, 2.05) is 18.2 Å². The van der Waals surface area contributed by atoms with Crippen molar-refractivity contribution >= 4 is 11.4 Å². The van der Waals surface area contributed by atoms with E-state index in [2.05, 4.69) is 10.3 Å². The fourth-order valence-corrected chi connectivity index (χ4v) is 2.43. The lowest BCUT2D eigenvalue weighted by molar-refractivity contribution is -0.384. The Bertz CT molecular complexity index is 709. The van der Waals surface area contributed by atoms with Gasteiger partial charge in [0.2, 0.25) is 0 Å². The second-order valence-corrected chi connectivity index (χ2v) is 5.44. The first-order chi connectivity index (χ1) is 12.1. The van der Waals surface area contributed by atoms with Crippen LogP contribution in [0, 0.1) is 16.0 Å². The lowest BCUT2D eigenvalue weighted by atomic mass is 10.0. The van der Waals surface area contributed by atoms with Gasteiger partial charge in [-0.3, -0.25) is 15.1 Å². The molecule has 0 aliphatic heterocycles. The van der Waals surface area contributed by atoms with Crippen molar-refractivity contribution in [3.63, 3.8) is 0 Å². The third-order valence-corrected chi connectivity index (χ3v) is 3.76. The number of aliphatic hydroxyl groups is 1. The van der Waals surface area contributed by atoms with E-state index in [0.717, 1.165) is 5.69 Å². The summed E-state index contributed by atoms with van der Waals surface area (Å²) in [6.07, 6.45) is 2.25. The number of ether oxygens (including phenoxy) is 2. The first-order valence-corrected chi connectivity index (χ1v) is 7.74. The van der Waals surface area contributed by atoms with Crippen LogP contribution in [-0.4, -0.2) is 42.4 Å². The number of anilines is 1. The quantitative estimate of drug-likeness (QED) is 0.529. The van der Waals surface area contributed by atoms with Gasteiger partial charge in [-0.2, -0.15) is 0 Å². The van der Waals surface area contributed by atoms with E-state index in [-0.39, 0.29) is 24.0 Å². The highest BCUT2D eigenvalue weighted by molar-refractivity contribution is 5.68. The second-order valence-electron chi connectivity index (χ2n) is 5.44. The molecule has 134 valence electrons. The summed E-state index contributed by atoms with van der Waals surface area (Å²) in [5, 5.41) is 23.9. The number of rotatable bonds is 9. The predicted octanol–water partition coefficient (Wildman–Crippen LogP) is 2.27. The number of pyridine rings is 1. The fourth-order valence-electron chi connectivity index (χ4n) is 2.43. The summed E-state index contributed by atoms with van der Waals surface area (Å²) in [5.41, 5.74) is 1.04. The predicted molar refractivity (Wildman–Crippen MR) is 93.2 cm³/mol. The Labute approximate surface area is 145 Å². The van der Waals surface area contributed by atoms with Gasteiger partial charge in [0, 0.05) is 37.0 Å². The van der Waals surface area contributed by atoms with Crippen molar-refractivity contribution in [3.05, 3.63) is 52.3 Å². The van der Waals surface area contributed by atoms with Gasteiger partial charge < -0.3 is 19.9 Å². The third-order valence-electron chi connectivity index (χ3n) is 3.76. The van der Waals surface area contributed by atoms with Gasteiger partial charge in [-0.25, -0.2) is 0 Å². The molecule has 0 spiro atoms. The number of nitrogens with zero attached hydrogens (tertiary/aromatic N) is 2. The van der Waals surface area contributed by atoms with Gasteiger partial charge in [0.1, 0.15) is 5.69 Å². The van der Waals surface area contributed by atoms with Crippen molar-refractivity contribution in [2.75, 3.05) is 32.7 Å². The number of methoxy groups -OCH3 is 2. The van der Waals surface area contributed by atoms with Crippen LogP contribution in [0.4, 0.5) is 11.4 Å². The molecule has 8 heteroatoms. The van der Waals surface area contributed by atoms with Crippen molar-refractivity contribution in [1.82, 2.24) is 4.98 Å². The van der Waals surface area contributed by atoms with Gasteiger partial charge in [-0.15, -0.1) is 0 Å². The van der Waals surface area contributed by atoms with Crippen molar-refractivity contribution in [3.8, 4) is 11.5 Å². The number of benzene rings is 1. The molecule has 0 aliphatic rings. The molecule has 0 unspecified atom stereocenters. The van der Waals surface area contributed by atoms with Crippen LogP contribution in [0.2, 0.25) is 0 Å². The molecule has 2 N–H and O–H groups in total. The van der Waals surface area contributed by atoms with E-state index in [4.69, 9.17) is 9.47 Å². The highest BCUT2D eigenvalue weighted by atomic mass is 16.6. The van der Waals surface area contributed by atoms with Crippen molar-refractivity contribution in [2.24, 2.45) is 5.92 Å². The first kappa shape index (κ1) is 18.5. The number of hydrogen-bond acceptors (Lipinski definition) is 7. The number of hydrogen-bond donors (Lipinski definition) is 2. The molecule has 1 atom stereocenters. The van der Waals surface area contributed by atoms with E-state index in [1.165, 1.54) is 26.4 Å². The second kappa shape index (κ2) is 8.84. The SMILES string of the molecule is COc1cc(NC[C@H](CO)Cc2ccccn2)c([N+](=O)[O-])cc1OC. The Morgan fingerprint density at radius 3 is 2.56 bits per heavy atom. The number of aromatic nitrogens is 1. The first-order valence-electron chi connectivity index (χ1n) is 7.74. The van der Waals surface area contributed by atoms with E-state index in [0.29, 0.717) is 24.4 Å². The normalized spacial score (nSPS) is 11.6. The Balaban J connectivity index is 2.16. The zero-order valence-corrected chi connectivity index (χ0v) is 14.1. The molecule has 25 heavy (non-hydrogen) atoms. The van der Waals surface area contributed by atoms with Crippen molar-refractivity contribution in [1.29, 1.82) is 0 Å². The molecule has 8 nitrogen and oxygen atoms in total. The highest BCUT2D eigenvalue weighted by Crippen LogP contribution is 2.37. The Hall–Kier alpha value is -2.87. The van der Waals surface area contributed by atoms with Crippen molar-refractivity contribution in [2.45, 2.75) is 6.42 Å². The largest absolute Gasteiger partial charge is 0.493 e. The number of aliphatic hydroxyl groups excluding tert-OH is 1. The van der Waals surface area contributed by atoms with Crippen LogP contribution >= 0.6 is 0 Å². The maximum atomic E-state index is 11.3. The summed E-state index contributed by atoms with van der Waals surface area (Å²) in [5.74, 6) is 0.537. The van der Waals surface area contributed by atoms with E-state index in [9.17, 15) is 15.2 Å². The molecule has 0 bridgehead atoms. The maximum Gasteiger partial charge on any atom is 0.296 e. The lowest BCUT2D eigenvalue weighted by Crippen LogP contribution is -2.21. The van der Waals surface area contributed by atoms with Crippen molar-refractivity contribution < 1.29 is 19.5 Å². The summed E-state index contributed by atoms with van der Waals surface area (Å²) in [4.78, 5) is 15.0. The molecule has 0 aliphatic carbocycles. The average molecular weight is 347 g/mol. The number of nitrogens with one attached hydrogen (secondary N) is 1. The molecule has 1 aromatic carbocycles. The minimum atomic E-state index is -0.489. The zero-order valence-electron chi connectivity index (χ0n) is 14.1. The molecule has 1 aromatic heterocycles. The van der Waals surface area contributed by atoms with Crippen LogP contribution in [0.1, 0.15) is 5.69 Å². The molecule has 0 saturated carbocycles. The molecular formula is C17H21N3O5. The van der Waals surface area contributed by atoms with E-state index >= 15 is 0 Å². The Morgan fingerprint density at radius 1 is 1.28 bits per heavy atom. The van der Waals surface area contributed by atoms with Gasteiger partial charge in [0.05, 0.1) is 25.2 Å². The Morgan fingerprint density at radius 2 is 2.00 bits per heavy atom. The van der Waals surface area contributed by atoms with Crippen LogP contribution in [0.5, 0.6) is 11.5 Å². The van der Waals surface area contributed by atoms with Gasteiger partial charge in [-0.1, -0.05) is 6.07 Å². The highest BCUT2D eigenvalue weighted by Gasteiger charge is 2.20. The van der Waals surface area contributed by atoms with Gasteiger partial charge in [-0.05, 0) is 18.6 Å². The molecule has 1 heterocycles. The molecule has 0 radical (unpaired) electrons. The fraction of sp³-hybridized carbons (Fsp3) is 0.353. The number of nitro groups is 1. The minimum Gasteiger partial charge on any atom is -0.493 e. The lowest BCUT2D eigenvalue weighted by Gasteiger charge is -2.17. The van der Waals surface area contributed by atoms with E-state index < -0.39 is 4.92 Å². The summed E-state index contributed by atoms with van der Waals surface area (Å²) in [7, 11) is 2.88. The topological polar surface area (TPSA) is 107 Å². The van der Waals surface area contributed by atoms with Crippen LogP contribution in [0.3, 0.4) is 0 Å². The Kier molecular flexibility index (Phi) is 6.53. The molecule has 0 fully saturated rings. The van der Waals surface area contributed by atoms with Crippen LogP contribution < -0.4 is 14.8 Å². The minimum absolute atomic E-state index is 0.0648. The number of nitro benzene ring substituents is 1. The van der Waals surface area contributed by atoms with Gasteiger partial charge >= 0.3 is 0 Å². The zero-order chi connectivity index (χ0) is 18.2. The summed E-state index contributed by atoms with van der Waals surface area (Å²) in [6.45, 7) is 0.286. The molecular weight excluding hydrogens is 326 g/mol. The molecule has 2 rings (SSSR count). The third kappa shape index (κ3) is 4.80. The maximum absolute atomic E-state index is 11.3.